The zero-order valence-corrected chi connectivity index (χ0v) is 14.4. The van der Waals surface area contributed by atoms with Gasteiger partial charge in [-0.3, -0.25) is 0 Å². The number of nitrogens with zero attached hydrogens (tertiary/aromatic N) is 1. The standard InChI is InChI=1S/C19H20ClNO2/c1-19(2)12-23-18(21-19)14-6-9-17(15(10-14)11-22-3)13-4-7-16(20)8-5-13/h4-10H,11-12H2,1-3H3. The summed E-state index contributed by atoms with van der Waals surface area (Å²) >= 11 is 5.98. The zero-order valence-electron chi connectivity index (χ0n) is 13.6. The molecule has 1 aliphatic rings. The molecule has 0 unspecified atom stereocenters. The number of ether oxygens (including phenoxy) is 2. The number of aliphatic imine (C=N–C) groups is 1. The molecule has 23 heavy (non-hydrogen) atoms. The van der Waals surface area contributed by atoms with Crippen LogP contribution in [0.1, 0.15) is 25.0 Å². The van der Waals surface area contributed by atoms with E-state index < -0.39 is 0 Å². The number of halogens is 1. The smallest absolute Gasteiger partial charge is 0.216 e. The highest BCUT2D eigenvalue weighted by Gasteiger charge is 2.27. The first-order chi connectivity index (χ1) is 11.0. The van der Waals surface area contributed by atoms with Gasteiger partial charge in [-0.05, 0) is 54.8 Å². The number of methoxy groups -OCH3 is 1. The Morgan fingerprint density at radius 2 is 1.83 bits per heavy atom. The highest BCUT2D eigenvalue weighted by Crippen LogP contribution is 2.28. The van der Waals surface area contributed by atoms with Gasteiger partial charge in [-0.2, -0.15) is 0 Å². The number of hydrogen-bond donors (Lipinski definition) is 0. The van der Waals surface area contributed by atoms with Crippen LogP contribution in [-0.4, -0.2) is 25.2 Å². The molecule has 1 heterocycles. The molecule has 120 valence electrons. The van der Waals surface area contributed by atoms with Crippen LogP contribution < -0.4 is 0 Å². The average Bonchev–Trinajstić information content (AvgIpc) is 2.89. The second-order valence-corrected chi connectivity index (χ2v) is 6.77. The van der Waals surface area contributed by atoms with Gasteiger partial charge >= 0.3 is 0 Å². The van der Waals surface area contributed by atoms with Crippen LogP contribution >= 0.6 is 11.6 Å². The van der Waals surface area contributed by atoms with Gasteiger partial charge in [0.25, 0.3) is 0 Å². The fourth-order valence-electron chi connectivity index (χ4n) is 2.65. The lowest BCUT2D eigenvalue weighted by molar-refractivity contribution is 0.185. The summed E-state index contributed by atoms with van der Waals surface area (Å²) in [6.45, 7) is 5.28. The molecule has 0 fully saturated rings. The number of rotatable bonds is 4. The van der Waals surface area contributed by atoms with E-state index in [4.69, 9.17) is 21.1 Å². The summed E-state index contributed by atoms with van der Waals surface area (Å²) in [4.78, 5) is 4.64. The van der Waals surface area contributed by atoms with Gasteiger partial charge in [0.15, 0.2) is 0 Å². The molecule has 0 spiro atoms. The van der Waals surface area contributed by atoms with E-state index in [-0.39, 0.29) is 5.54 Å². The molecule has 0 bridgehead atoms. The molecular weight excluding hydrogens is 310 g/mol. The predicted molar refractivity (Wildman–Crippen MR) is 94.2 cm³/mol. The summed E-state index contributed by atoms with van der Waals surface area (Å²) in [5.41, 5.74) is 4.17. The van der Waals surface area contributed by atoms with Crippen LogP contribution in [-0.2, 0) is 16.1 Å². The van der Waals surface area contributed by atoms with Crippen LogP contribution in [0.5, 0.6) is 0 Å². The largest absolute Gasteiger partial charge is 0.475 e. The first kappa shape index (κ1) is 16.0. The number of benzene rings is 2. The highest BCUT2D eigenvalue weighted by atomic mass is 35.5. The normalized spacial score (nSPS) is 16.1. The second-order valence-electron chi connectivity index (χ2n) is 6.33. The first-order valence-corrected chi connectivity index (χ1v) is 7.97. The lowest BCUT2D eigenvalue weighted by Gasteiger charge is -2.12. The van der Waals surface area contributed by atoms with Crippen LogP contribution in [0.3, 0.4) is 0 Å². The van der Waals surface area contributed by atoms with Crippen molar-refractivity contribution in [2.75, 3.05) is 13.7 Å². The van der Waals surface area contributed by atoms with Crippen LogP contribution in [0.15, 0.2) is 47.5 Å². The Morgan fingerprint density at radius 1 is 1.13 bits per heavy atom. The molecule has 4 heteroatoms. The lowest BCUT2D eigenvalue weighted by atomic mass is 9.97. The minimum atomic E-state index is -0.161. The van der Waals surface area contributed by atoms with E-state index in [1.807, 2.05) is 30.3 Å². The summed E-state index contributed by atoms with van der Waals surface area (Å²) in [6.07, 6.45) is 0. The molecule has 0 saturated carbocycles. The third-order valence-electron chi connectivity index (χ3n) is 3.77. The van der Waals surface area contributed by atoms with E-state index in [9.17, 15) is 0 Å². The van der Waals surface area contributed by atoms with E-state index in [0.717, 1.165) is 27.3 Å². The summed E-state index contributed by atoms with van der Waals surface area (Å²) in [5.74, 6) is 0.704. The summed E-state index contributed by atoms with van der Waals surface area (Å²) in [7, 11) is 1.70. The minimum absolute atomic E-state index is 0.161. The Morgan fingerprint density at radius 3 is 2.43 bits per heavy atom. The summed E-state index contributed by atoms with van der Waals surface area (Å²) in [6, 6.07) is 14.1. The Bertz CT molecular complexity index is 736. The maximum Gasteiger partial charge on any atom is 0.216 e. The van der Waals surface area contributed by atoms with Gasteiger partial charge in [-0.25, -0.2) is 4.99 Å². The van der Waals surface area contributed by atoms with E-state index in [1.54, 1.807) is 7.11 Å². The Hall–Kier alpha value is -1.84. The molecule has 0 aliphatic carbocycles. The quantitative estimate of drug-likeness (QED) is 0.813. The first-order valence-electron chi connectivity index (χ1n) is 7.59. The molecule has 0 aromatic heterocycles. The highest BCUT2D eigenvalue weighted by molar-refractivity contribution is 6.30. The lowest BCUT2D eigenvalue weighted by Crippen LogP contribution is -2.17. The molecule has 2 aromatic carbocycles. The van der Waals surface area contributed by atoms with Gasteiger partial charge in [0.1, 0.15) is 6.61 Å². The van der Waals surface area contributed by atoms with E-state index >= 15 is 0 Å². The van der Waals surface area contributed by atoms with Gasteiger partial charge in [-0.1, -0.05) is 29.8 Å². The van der Waals surface area contributed by atoms with Crippen LogP contribution in [0.4, 0.5) is 0 Å². The van der Waals surface area contributed by atoms with Crippen molar-refractivity contribution in [3.8, 4) is 11.1 Å². The Kier molecular flexibility index (Phi) is 4.42. The van der Waals surface area contributed by atoms with Crippen molar-refractivity contribution < 1.29 is 9.47 Å². The van der Waals surface area contributed by atoms with Crippen molar-refractivity contribution in [3.05, 3.63) is 58.6 Å². The predicted octanol–water partition coefficient (Wildman–Crippen LogP) is 4.71. The van der Waals surface area contributed by atoms with Gasteiger partial charge < -0.3 is 9.47 Å². The third-order valence-corrected chi connectivity index (χ3v) is 4.03. The van der Waals surface area contributed by atoms with Crippen molar-refractivity contribution in [1.29, 1.82) is 0 Å². The van der Waals surface area contributed by atoms with Crippen molar-refractivity contribution in [2.45, 2.75) is 26.0 Å². The molecule has 3 nitrogen and oxygen atoms in total. The van der Waals surface area contributed by atoms with E-state index in [1.165, 1.54) is 0 Å². The second kappa shape index (κ2) is 6.34. The minimum Gasteiger partial charge on any atom is -0.475 e. The summed E-state index contributed by atoms with van der Waals surface area (Å²) < 4.78 is 11.1. The zero-order chi connectivity index (χ0) is 16.4. The Balaban J connectivity index is 2.01. The van der Waals surface area contributed by atoms with Gasteiger partial charge in [0.05, 0.1) is 12.1 Å². The maximum atomic E-state index is 5.98. The van der Waals surface area contributed by atoms with E-state index in [0.29, 0.717) is 19.1 Å². The number of hydrogen-bond acceptors (Lipinski definition) is 3. The molecule has 0 saturated heterocycles. The van der Waals surface area contributed by atoms with Crippen LogP contribution in [0.25, 0.3) is 11.1 Å². The molecular formula is C19H20ClNO2. The van der Waals surface area contributed by atoms with Crippen molar-refractivity contribution >= 4 is 17.5 Å². The molecule has 1 aliphatic heterocycles. The third kappa shape index (κ3) is 3.57. The summed E-state index contributed by atoms with van der Waals surface area (Å²) in [5, 5.41) is 0.731. The van der Waals surface area contributed by atoms with Gasteiger partial charge in [-0.15, -0.1) is 0 Å². The molecule has 0 amide bonds. The maximum absolute atomic E-state index is 5.98. The van der Waals surface area contributed by atoms with E-state index in [2.05, 4.69) is 31.0 Å². The van der Waals surface area contributed by atoms with Gasteiger partial charge in [0, 0.05) is 17.7 Å². The molecule has 0 atom stereocenters. The van der Waals surface area contributed by atoms with Crippen LogP contribution in [0, 0.1) is 0 Å². The van der Waals surface area contributed by atoms with Gasteiger partial charge in [0.2, 0.25) is 5.90 Å². The fourth-order valence-corrected chi connectivity index (χ4v) is 2.77. The molecule has 3 rings (SSSR count). The van der Waals surface area contributed by atoms with Crippen LogP contribution in [0.2, 0.25) is 5.02 Å². The van der Waals surface area contributed by atoms with Crippen molar-refractivity contribution in [1.82, 2.24) is 0 Å². The molecule has 0 radical (unpaired) electrons. The fraction of sp³-hybridized carbons (Fsp3) is 0.316. The SMILES string of the molecule is COCc1cc(C2=NC(C)(C)CO2)ccc1-c1ccc(Cl)cc1. The monoisotopic (exact) mass is 329 g/mol. The Labute approximate surface area is 141 Å². The molecule has 2 aromatic rings. The average molecular weight is 330 g/mol. The van der Waals surface area contributed by atoms with Crippen molar-refractivity contribution in [2.24, 2.45) is 4.99 Å². The topological polar surface area (TPSA) is 30.8 Å². The van der Waals surface area contributed by atoms with Crippen molar-refractivity contribution in [3.63, 3.8) is 0 Å². The molecule has 0 N–H and O–H groups in total.